The van der Waals surface area contributed by atoms with Crippen LogP contribution < -0.4 is 10.6 Å². The average Bonchev–Trinajstić information content (AvgIpc) is 2.09. The van der Waals surface area contributed by atoms with Crippen LogP contribution in [-0.2, 0) is 9.59 Å². The van der Waals surface area contributed by atoms with Crippen molar-refractivity contribution in [3.05, 3.63) is 0 Å². The number of aromatic nitrogens is 4. The minimum absolute atomic E-state index is 0.0482. The second kappa shape index (κ2) is 3.91. The molecule has 0 aliphatic rings. The van der Waals surface area contributed by atoms with Gasteiger partial charge in [-0.1, -0.05) is 0 Å². The number of carbonyl (C=O) groups excluding carboxylic acids is 2. The molecule has 2 N–H and O–H groups in total. The molecule has 0 bridgehead atoms. The van der Waals surface area contributed by atoms with Gasteiger partial charge in [0.25, 0.3) is 0 Å². The van der Waals surface area contributed by atoms with Crippen LogP contribution in [0.15, 0.2) is 0 Å². The van der Waals surface area contributed by atoms with Gasteiger partial charge in [-0.3, -0.25) is 9.59 Å². The summed E-state index contributed by atoms with van der Waals surface area (Å²) in [5, 5.41) is 17.5. The first kappa shape index (κ1) is 7.98. The van der Waals surface area contributed by atoms with Crippen molar-refractivity contribution in [2.45, 2.75) is 0 Å². The molecule has 0 fully saturated rings. The largest absolute Gasteiger partial charge is 0.309 e. The number of nitrogens with one attached hydrogen (secondary N) is 2. The number of hydrogen-bond donors (Lipinski definition) is 2. The fourth-order valence-electron chi connectivity index (χ4n) is 0.530. The SMILES string of the molecule is O=CNc1nnnnc1NC=O. The normalized spacial score (nSPS) is 8.67. The van der Waals surface area contributed by atoms with E-state index in [1.807, 2.05) is 0 Å². The average molecular weight is 168 g/mol. The van der Waals surface area contributed by atoms with E-state index in [4.69, 9.17) is 0 Å². The zero-order valence-corrected chi connectivity index (χ0v) is 5.76. The molecule has 0 unspecified atom stereocenters. The Bertz CT molecular complexity index is 260. The molecule has 0 radical (unpaired) electrons. The molecule has 0 spiro atoms. The summed E-state index contributed by atoms with van der Waals surface area (Å²) in [4.78, 5) is 20.0. The van der Waals surface area contributed by atoms with Gasteiger partial charge in [-0.05, 0) is 10.4 Å². The van der Waals surface area contributed by atoms with Gasteiger partial charge >= 0.3 is 0 Å². The third-order valence-electron chi connectivity index (χ3n) is 0.945. The minimum atomic E-state index is 0.0482. The van der Waals surface area contributed by atoms with Gasteiger partial charge in [0, 0.05) is 0 Å². The van der Waals surface area contributed by atoms with Gasteiger partial charge in [-0.25, -0.2) is 0 Å². The Morgan fingerprint density at radius 2 is 1.33 bits per heavy atom. The molecule has 1 heterocycles. The van der Waals surface area contributed by atoms with Gasteiger partial charge in [-0.2, -0.15) is 0 Å². The number of carbonyl (C=O) groups is 2. The van der Waals surface area contributed by atoms with Crippen LogP contribution in [0, 0.1) is 0 Å². The quantitative estimate of drug-likeness (QED) is 0.524. The van der Waals surface area contributed by atoms with E-state index in [2.05, 4.69) is 31.3 Å². The van der Waals surface area contributed by atoms with Gasteiger partial charge in [0.2, 0.25) is 24.5 Å². The molecule has 0 aliphatic heterocycles. The van der Waals surface area contributed by atoms with Crippen LogP contribution in [0.25, 0.3) is 0 Å². The third kappa shape index (κ3) is 1.68. The maximum absolute atomic E-state index is 9.99. The zero-order valence-electron chi connectivity index (χ0n) is 5.76. The highest BCUT2D eigenvalue weighted by atomic mass is 16.1. The monoisotopic (exact) mass is 168 g/mol. The number of amides is 2. The van der Waals surface area contributed by atoms with Crippen LogP contribution >= 0.6 is 0 Å². The number of nitrogens with zero attached hydrogens (tertiary/aromatic N) is 4. The van der Waals surface area contributed by atoms with Crippen molar-refractivity contribution >= 4 is 24.5 Å². The highest BCUT2D eigenvalue weighted by Crippen LogP contribution is 2.09. The van der Waals surface area contributed by atoms with Gasteiger partial charge in [0.1, 0.15) is 0 Å². The van der Waals surface area contributed by atoms with Crippen LogP contribution in [0.5, 0.6) is 0 Å². The second-order valence-electron chi connectivity index (χ2n) is 1.60. The highest BCUT2D eigenvalue weighted by molar-refractivity contribution is 5.81. The van der Waals surface area contributed by atoms with Crippen molar-refractivity contribution in [3.8, 4) is 0 Å². The maximum atomic E-state index is 9.99. The lowest BCUT2D eigenvalue weighted by Crippen LogP contribution is -2.08. The van der Waals surface area contributed by atoms with Crippen molar-refractivity contribution in [2.24, 2.45) is 0 Å². The Hall–Kier alpha value is -2.12. The van der Waals surface area contributed by atoms with Gasteiger partial charge in [0.15, 0.2) is 0 Å². The molecule has 0 aliphatic carbocycles. The van der Waals surface area contributed by atoms with Crippen molar-refractivity contribution in [1.82, 2.24) is 20.6 Å². The van der Waals surface area contributed by atoms with Crippen LogP contribution in [0.4, 0.5) is 11.6 Å². The fraction of sp³-hybridized carbons (Fsp3) is 0. The first-order valence-corrected chi connectivity index (χ1v) is 2.85. The van der Waals surface area contributed by atoms with Gasteiger partial charge < -0.3 is 10.6 Å². The smallest absolute Gasteiger partial charge is 0.212 e. The summed E-state index contributed by atoms with van der Waals surface area (Å²) in [6.45, 7) is 0. The summed E-state index contributed by atoms with van der Waals surface area (Å²) < 4.78 is 0. The van der Waals surface area contributed by atoms with E-state index < -0.39 is 0 Å². The molecule has 1 aromatic rings. The topological polar surface area (TPSA) is 110 Å². The van der Waals surface area contributed by atoms with E-state index in [0.29, 0.717) is 12.8 Å². The molecule has 1 aromatic heterocycles. The molecular weight excluding hydrogens is 164 g/mol. The van der Waals surface area contributed by atoms with E-state index in [9.17, 15) is 9.59 Å². The molecule has 8 heteroatoms. The summed E-state index contributed by atoms with van der Waals surface area (Å²) >= 11 is 0. The van der Waals surface area contributed by atoms with E-state index in [0.717, 1.165) is 0 Å². The lowest BCUT2D eigenvalue weighted by molar-refractivity contribution is -0.106. The van der Waals surface area contributed by atoms with E-state index in [-0.39, 0.29) is 11.6 Å². The Morgan fingerprint density at radius 3 is 1.67 bits per heavy atom. The molecule has 62 valence electrons. The predicted octanol–water partition coefficient (Wildman–Crippen LogP) is -1.60. The fourth-order valence-corrected chi connectivity index (χ4v) is 0.530. The summed E-state index contributed by atoms with van der Waals surface area (Å²) in [7, 11) is 0. The molecule has 8 nitrogen and oxygen atoms in total. The second-order valence-corrected chi connectivity index (χ2v) is 1.60. The minimum Gasteiger partial charge on any atom is -0.309 e. The lowest BCUT2D eigenvalue weighted by atomic mass is 10.6. The Labute approximate surface area is 66.4 Å². The van der Waals surface area contributed by atoms with Crippen LogP contribution in [0.3, 0.4) is 0 Å². The lowest BCUT2D eigenvalue weighted by Gasteiger charge is -1.99. The standard InChI is InChI=1S/C4H4N6O2/c11-1-5-3-4(6-2-12)8-10-9-7-3/h1-2H,(H,5,7,10,11)(H,6,8,9,12). The molecule has 2 amide bonds. The van der Waals surface area contributed by atoms with Crippen LogP contribution in [0.1, 0.15) is 0 Å². The Balaban J connectivity index is 2.90. The molecule has 0 atom stereocenters. The number of hydrogen-bond acceptors (Lipinski definition) is 6. The first-order valence-electron chi connectivity index (χ1n) is 2.85. The van der Waals surface area contributed by atoms with Crippen LogP contribution in [-0.4, -0.2) is 33.4 Å². The highest BCUT2D eigenvalue weighted by Gasteiger charge is 2.03. The zero-order chi connectivity index (χ0) is 8.81. The molecular formula is C4H4N6O2. The van der Waals surface area contributed by atoms with Crippen LogP contribution in [0.2, 0.25) is 0 Å². The maximum Gasteiger partial charge on any atom is 0.212 e. The predicted molar refractivity (Wildman–Crippen MR) is 37.0 cm³/mol. The number of anilines is 2. The number of rotatable bonds is 4. The van der Waals surface area contributed by atoms with Crippen molar-refractivity contribution in [3.63, 3.8) is 0 Å². The van der Waals surface area contributed by atoms with E-state index >= 15 is 0 Å². The van der Waals surface area contributed by atoms with E-state index in [1.165, 1.54) is 0 Å². The van der Waals surface area contributed by atoms with Crippen molar-refractivity contribution in [1.29, 1.82) is 0 Å². The molecule has 0 aromatic carbocycles. The van der Waals surface area contributed by atoms with Crippen molar-refractivity contribution in [2.75, 3.05) is 10.6 Å². The molecule has 1 rings (SSSR count). The third-order valence-corrected chi connectivity index (χ3v) is 0.945. The van der Waals surface area contributed by atoms with Gasteiger partial charge in [0.05, 0.1) is 0 Å². The summed E-state index contributed by atoms with van der Waals surface area (Å²) in [6.07, 6.45) is 0.781. The van der Waals surface area contributed by atoms with E-state index in [1.54, 1.807) is 0 Å². The molecule has 12 heavy (non-hydrogen) atoms. The van der Waals surface area contributed by atoms with Gasteiger partial charge in [-0.15, -0.1) is 10.2 Å². The first-order chi connectivity index (χ1) is 5.88. The summed E-state index contributed by atoms with van der Waals surface area (Å²) in [5.41, 5.74) is 0. The molecule has 0 saturated carbocycles. The van der Waals surface area contributed by atoms with Crippen molar-refractivity contribution < 1.29 is 9.59 Å². The summed E-state index contributed by atoms with van der Waals surface area (Å²) in [5.74, 6) is 0.0965. The Morgan fingerprint density at radius 1 is 0.917 bits per heavy atom. The summed E-state index contributed by atoms with van der Waals surface area (Å²) in [6, 6.07) is 0. The Kier molecular flexibility index (Phi) is 2.60. The molecule has 0 saturated heterocycles.